The Morgan fingerprint density at radius 3 is 2.27 bits per heavy atom. The summed E-state index contributed by atoms with van der Waals surface area (Å²) in [7, 11) is 0. The molecule has 1 aromatic carbocycles. The number of carbonyl (C=O) groups excluding carboxylic acids is 1. The van der Waals surface area contributed by atoms with Crippen LogP contribution in [0, 0.1) is 17.5 Å². The van der Waals surface area contributed by atoms with Crippen LogP contribution in [-0.4, -0.2) is 12.5 Å². The average molecular weight is 219 g/mol. The molecule has 0 aromatic heterocycles. The zero-order chi connectivity index (χ0) is 10.7. The summed E-state index contributed by atoms with van der Waals surface area (Å²) in [5.74, 6) is -4.39. The van der Waals surface area contributed by atoms with Crippen molar-refractivity contribution in [1.29, 1.82) is 0 Å². The molecule has 1 aromatic rings. The largest absolute Gasteiger partial charge is 0.352 e. The first-order valence-electron chi connectivity index (χ1n) is 3.99. The van der Waals surface area contributed by atoms with Crippen LogP contribution < -0.4 is 5.32 Å². The van der Waals surface area contributed by atoms with E-state index in [1.807, 2.05) is 0 Å². The molecule has 1 rings (SSSR count). The Labute approximate surface area is 86.1 Å². The molecule has 0 spiro atoms. The molecule has 0 atom stereocenters. The van der Waals surface area contributed by atoms with Crippen LogP contribution in [0.4, 0.5) is 13.2 Å². The van der Waals surface area contributed by atoms with Gasteiger partial charge in [-0.1, -0.05) is 7.43 Å². The van der Waals surface area contributed by atoms with Crippen LogP contribution in [0.25, 0.3) is 0 Å². The highest BCUT2D eigenvalue weighted by Gasteiger charge is 2.15. The Kier molecular flexibility index (Phi) is 4.84. The molecular weight excluding hydrogens is 207 g/mol. The number of hydrogen-bond donors (Lipinski definition) is 1. The highest BCUT2D eigenvalue weighted by Crippen LogP contribution is 2.13. The molecule has 5 heteroatoms. The third kappa shape index (κ3) is 2.97. The summed E-state index contributed by atoms with van der Waals surface area (Å²) in [5, 5.41) is 2.28. The fraction of sp³-hybridized carbons (Fsp3) is 0.300. The molecule has 0 radical (unpaired) electrons. The van der Waals surface area contributed by atoms with Crippen molar-refractivity contribution in [3.63, 3.8) is 0 Å². The van der Waals surface area contributed by atoms with Crippen molar-refractivity contribution in [1.82, 2.24) is 5.32 Å². The normalized spacial score (nSPS) is 9.33. The van der Waals surface area contributed by atoms with E-state index < -0.39 is 28.9 Å². The molecular formula is C10H12F3NO. The summed E-state index contributed by atoms with van der Waals surface area (Å²) in [6.07, 6.45) is 0. The fourth-order valence-corrected chi connectivity index (χ4v) is 0.952. The van der Waals surface area contributed by atoms with Crippen LogP contribution >= 0.6 is 0 Å². The van der Waals surface area contributed by atoms with Gasteiger partial charge in [0.25, 0.3) is 5.91 Å². The zero-order valence-corrected chi connectivity index (χ0v) is 7.40. The van der Waals surface area contributed by atoms with Gasteiger partial charge in [-0.2, -0.15) is 0 Å². The van der Waals surface area contributed by atoms with E-state index in [2.05, 4.69) is 5.32 Å². The van der Waals surface area contributed by atoms with Gasteiger partial charge in [0.05, 0.1) is 5.56 Å². The number of benzene rings is 1. The van der Waals surface area contributed by atoms with Gasteiger partial charge in [-0.3, -0.25) is 4.79 Å². The molecule has 84 valence electrons. The maximum atomic E-state index is 12.9. The van der Waals surface area contributed by atoms with Gasteiger partial charge in [-0.15, -0.1) is 0 Å². The smallest absolute Gasteiger partial charge is 0.254 e. The highest BCUT2D eigenvalue weighted by molar-refractivity contribution is 5.94. The lowest BCUT2D eigenvalue weighted by Crippen LogP contribution is -2.24. The predicted molar refractivity (Wildman–Crippen MR) is 51.1 cm³/mol. The van der Waals surface area contributed by atoms with Crippen molar-refractivity contribution in [3.8, 4) is 0 Å². The molecule has 0 aliphatic heterocycles. The first kappa shape index (κ1) is 13.5. The summed E-state index contributed by atoms with van der Waals surface area (Å²) in [6, 6.07) is 0.884. The summed E-state index contributed by atoms with van der Waals surface area (Å²) in [5.41, 5.74) is -0.495. The number of halogens is 3. The van der Waals surface area contributed by atoms with Crippen molar-refractivity contribution in [2.45, 2.75) is 14.4 Å². The van der Waals surface area contributed by atoms with Crippen LogP contribution in [0.2, 0.25) is 0 Å². The predicted octanol–water partition coefficient (Wildman–Crippen LogP) is 2.49. The average Bonchev–Trinajstić information content (AvgIpc) is 2.11. The fourth-order valence-electron chi connectivity index (χ4n) is 0.952. The Hall–Kier alpha value is -1.52. The minimum Gasteiger partial charge on any atom is -0.352 e. The van der Waals surface area contributed by atoms with E-state index in [0.29, 0.717) is 12.1 Å². The lowest BCUT2D eigenvalue weighted by molar-refractivity contribution is 0.0951. The Morgan fingerprint density at radius 1 is 1.20 bits per heavy atom. The second kappa shape index (κ2) is 5.38. The van der Waals surface area contributed by atoms with Crippen LogP contribution in [0.3, 0.4) is 0 Å². The van der Waals surface area contributed by atoms with Crippen LogP contribution in [0.1, 0.15) is 24.7 Å². The van der Waals surface area contributed by atoms with Gasteiger partial charge in [0, 0.05) is 12.6 Å². The van der Waals surface area contributed by atoms with Crippen molar-refractivity contribution in [3.05, 3.63) is 35.1 Å². The maximum absolute atomic E-state index is 12.9. The molecule has 1 N–H and O–H groups in total. The lowest BCUT2D eigenvalue weighted by atomic mass is 10.2. The number of hydrogen-bond acceptors (Lipinski definition) is 1. The molecule has 0 saturated carbocycles. The minimum absolute atomic E-state index is 0. The third-order valence-corrected chi connectivity index (χ3v) is 1.59. The topological polar surface area (TPSA) is 29.1 Å². The summed E-state index contributed by atoms with van der Waals surface area (Å²) < 4.78 is 38.0. The van der Waals surface area contributed by atoms with Gasteiger partial charge < -0.3 is 5.32 Å². The monoisotopic (exact) mass is 219 g/mol. The van der Waals surface area contributed by atoms with Gasteiger partial charge in [-0.05, 0) is 13.0 Å². The second-order valence-corrected chi connectivity index (χ2v) is 2.61. The molecule has 0 unspecified atom stereocenters. The first-order chi connectivity index (χ1) is 6.56. The maximum Gasteiger partial charge on any atom is 0.254 e. The molecule has 2 nitrogen and oxygen atoms in total. The van der Waals surface area contributed by atoms with Gasteiger partial charge in [-0.25, -0.2) is 13.2 Å². The Bertz CT molecular complexity index is 366. The van der Waals surface area contributed by atoms with Gasteiger partial charge in [0.2, 0.25) is 0 Å². The van der Waals surface area contributed by atoms with E-state index in [1.165, 1.54) is 0 Å². The van der Waals surface area contributed by atoms with E-state index in [4.69, 9.17) is 0 Å². The van der Waals surface area contributed by atoms with Crippen LogP contribution in [0.15, 0.2) is 12.1 Å². The molecule has 0 saturated heterocycles. The van der Waals surface area contributed by atoms with Gasteiger partial charge in [0.1, 0.15) is 5.82 Å². The van der Waals surface area contributed by atoms with Crippen molar-refractivity contribution < 1.29 is 18.0 Å². The van der Waals surface area contributed by atoms with E-state index in [1.54, 1.807) is 6.92 Å². The number of nitrogens with one attached hydrogen (secondary N) is 1. The molecule has 0 heterocycles. The quantitative estimate of drug-likeness (QED) is 0.761. The second-order valence-electron chi connectivity index (χ2n) is 2.61. The van der Waals surface area contributed by atoms with Gasteiger partial charge >= 0.3 is 0 Å². The molecule has 0 bridgehead atoms. The lowest BCUT2D eigenvalue weighted by Gasteiger charge is -2.03. The zero-order valence-electron chi connectivity index (χ0n) is 7.40. The van der Waals surface area contributed by atoms with E-state index in [-0.39, 0.29) is 14.0 Å². The van der Waals surface area contributed by atoms with Crippen LogP contribution in [-0.2, 0) is 0 Å². The van der Waals surface area contributed by atoms with Crippen molar-refractivity contribution in [2.75, 3.05) is 6.54 Å². The van der Waals surface area contributed by atoms with Crippen molar-refractivity contribution >= 4 is 5.91 Å². The molecule has 0 aliphatic carbocycles. The Balaban J connectivity index is 0.00000196. The number of rotatable bonds is 2. The summed E-state index contributed by atoms with van der Waals surface area (Å²) in [4.78, 5) is 11.1. The summed E-state index contributed by atoms with van der Waals surface area (Å²) in [6.45, 7) is 1.92. The molecule has 0 aliphatic rings. The minimum atomic E-state index is -1.31. The summed E-state index contributed by atoms with van der Waals surface area (Å²) >= 11 is 0. The molecule has 0 fully saturated rings. The van der Waals surface area contributed by atoms with E-state index in [9.17, 15) is 18.0 Å². The highest BCUT2D eigenvalue weighted by atomic mass is 19.2. The molecule has 1 amide bonds. The third-order valence-electron chi connectivity index (χ3n) is 1.59. The number of carbonyl (C=O) groups is 1. The Morgan fingerprint density at radius 2 is 1.73 bits per heavy atom. The van der Waals surface area contributed by atoms with Crippen molar-refractivity contribution in [2.24, 2.45) is 0 Å². The van der Waals surface area contributed by atoms with Crippen LogP contribution in [0.5, 0.6) is 0 Å². The van der Waals surface area contributed by atoms with Gasteiger partial charge in [0.15, 0.2) is 11.6 Å². The SMILES string of the molecule is C.CCNC(=O)c1cc(F)c(F)cc1F. The van der Waals surface area contributed by atoms with E-state index >= 15 is 0 Å². The molecule has 15 heavy (non-hydrogen) atoms. The standard InChI is InChI=1S/C9H8F3NO.CH4/c1-2-13-9(14)5-3-7(11)8(12)4-6(5)10;/h3-4H,2H2,1H3,(H,13,14);1H4. The first-order valence-corrected chi connectivity index (χ1v) is 3.99. The number of amides is 1. The van der Waals surface area contributed by atoms with E-state index in [0.717, 1.165) is 0 Å².